The Balaban J connectivity index is 1.80. The maximum atomic E-state index is 12.8. The van der Waals surface area contributed by atoms with Crippen molar-refractivity contribution >= 4 is 22.9 Å². The zero-order valence-corrected chi connectivity index (χ0v) is 15.5. The zero-order chi connectivity index (χ0) is 17.6. The second kappa shape index (κ2) is 8.36. The van der Waals surface area contributed by atoms with Crippen LogP contribution in [0.2, 0.25) is 0 Å². The Morgan fingerprint density at radius 1 is 1.36 bits per heavy atom. The Morgan fingerprint density at radius 3 is 2.80 bits per heavy atom. The topological polar surface area (TPSA) is 50.8 Å². The Bertz CT molecular complexity index is 697. The number of morpholine rings is 1. The van der Waals surface area contributed by atoms with E-state index < -0.39 is 0 Å². The third-order valence-corrected chi connectivity index (χ3v) is 5.38. The van der Waals surface area contributed by atoms with Crippen LogP contribution in [0.3, 0.4) is 0 Å². The smallest absolute Gasteiger partial charge is 0.251 e. The molecule has 1 aromatic carbocycles. The van der Waals surface area contributed by atoms with Gasteiger partial charge in [0.25, 0.3) is 5.91 Å². The molecule has 6 heteroatoms. The van der Waals surface area contributed by atoms with Crippen LogP contribution in [0.15, 0.2) is 35.7 Å². The van der Waals surface area contributed by atoms with Gasteiger partial charge in [-0.2, -0.15) is 0 Å². The molecule has 0 radical (unpaired) electrons. The van der Waals surface area contributed by atoms with E-state index in [2.05, 4.69) is 23.2 Å². The molecule has 0 spiro atoms. The first-order chi connectivity index (χ1) is 12.2. The van der Waals surface area contributed by atoms with Gasteiger partial charge in [-0.25, -0.2) is 0 Å². The zero-order valence-electron chi connectivity index (χ0n) is 14.7. The Labute approximate surface area is 152 Å². The minimum atomic E-state index is -0.0580. The van der Waals surface area contributed by atoms with Crippen molar-refractivity contribution in [3.63, 3.8) is 0 Å². The van der Waals surface area contributed by atoms with Gasteiger partial charge in [0.15, 0.2) is 0 Å². The number of rotatable bonds is 6. The lowest BCUT2D eigenvalue weighted by Gasteiger charge is -2.30. The molecule has 1 aromatic heterocycles. The number of nitrogens with one attached hydrogen (secondary N) is 1. The summed E-state index contributed by atoms with van der Waals surface area (Å²) in [6, 6.07) is 9.72. The summed E-state index contributed by atoms with van der Waals surface area (Å²) in [4.78, 5) is 16.1. The number of hydrogen-bond donors (Lipinski definition) is 1. The summed E-state index contributed by atoms with van der Waals surface area (Å²) in [6.45, 7) is 5.06. The van der Waals surface area contributed by atoms with E-state index >= 15 is 0 Å². The highest BCUT2D eigenvalue weighted by atomic mass is 32.1. The van der Waals surface area contributed by atoms with Crippen LogP contribution in [0.1, 0.15) is 34.6 Å². The van der Waals surface area contributed by atoms with Gasteiger partial charge in [-0.05, 0) is 36.1 Å². The highest BCUT2D eigenvalue weighted by Gasteiger charge is 2.20. The van der Waals surface area contributed by atoms with E-state index in [1.807, 2.05) is 29.6 Å². The van der Waals surface area contributed by atoms with Crippen molar-refractivity contribution in [2.75, 3.05) is 38.3 Å². The SMILES string of the molecule is CC[C@@H](NC(=O)c1ccc(OC)c(N2CCOCC2)c1)c1cccs1. The molecule has 1 fully saturated rings. The molecule has 0 aliphatic carbocycles. The molecule has 0 saturated carbocycles. The van der Waals surface area contributed by atoms with Gasteiger partial charge in [0.05, 0.1) is 32.1 Å². The summed E-state index contributed by atoms with van der Waals surface area (Å²) in [5.74, 6) is 0.723. The number of thiophene rings is 1. The fourth-order valence-electron chi connectivity index (χ4n) is 2.99. The molecule has 134 valence electrons. The van der Waals surface area contributed by atoms with Gasteiger partial charge in [0.2, 0.25) is 0 Å². The molecule has 2 aromatic rings. The second-order valence-electron chi connectivity index (χ2n) is 5.94. The average molecular weight is 360 g/mol. The number of anilines is 1. The molecule has 1 saturated heterocycles. The lowest BCUT2D eigenvalue weighted by molar-refractivity contribution is 0.0936. The summed E-state index contributed by atoms with van der Waals surface area (Å²) in [7, 11) is 1.66. The quantitative estimate of drug-likeness (QED) is 0.857. The Morgan fingerprint density at radius 2 is 2.16 bits per heavy atom. The number of amides is 1. The van der Waals surface area contributed by atoms with Crippen LogP contribution in [0.4, 0.5) is 5.69 Å². The standard InChI is InChI=1S/C19H24N2O3S/c1-3-15(18-5-4-12-25-18)20-19(22)14-6-7-17(23-2)16(13-14)21-8-10-24-11-9-21/h4-7,12-13,15H,3,8-11H2,1-2H3,(H,20,22)/t15-/m1/s1. The summed E-state index contributed by atoms with van der Waals surface area (Å²) in [5.41, 5.74) is 1.60. The van der Waals surface area contributed by atoms with Gasteiger partial charge in [-0.3, -0.25) is 4.79 Å². The predicted molar refractivity (Wildman–Crippen MR) is 101 cm³/mol. The van der Waals surface area contributed by atoms with Crippen molar-refractivity contribution in [2.24, 2.45) is 0 Å². The minimum absolute atomic E-state index is 0.0430. The van der Waals surface area contributed by atoms with E-state index in [0.717, 1.165) is 30.9 Å². The minimum Gasteiger partial charge on any atom is -0.495 e. The fourth-order valence-corrected chi connectivity index (χ4v) is 3.85. The van der Waals surface area contributed by atoms with Crippen LogP contribution < -0.4 is 15.0 Å². The highest BCUT2D eigenvalue weighted by molar-refractivity contribution is 7.10. The van der Waals surface area contributed by atoms with Crippen molar-refractivity contribution in [1.29, 1.82) is 0 Å². The molecule has 1 aliphatic rings. The van der Waals surface area contributed by atoms with Crippen molar-refractivity contribution in [1.82, 2.24) is 5.32 Å². The summed E-state index contributed by atoms with van der Waals surface area (Å²) < 4.78 is 10.9. The van der Waals surface area contributed by atoms with Crippen molar-refractivity contribution < 1.29 is 14.3 Å². The van der Waals surface area contributed by atoms with E-state index in [1.54, 1.807) is 18.4 Å². The molecule has 2 heterocycles. The lowest BCUT2D eigenvalue weighted by Crippen LogP contribution is -2.36. The molecule has 3 rings (SSSR count). The third-order valence-electron chi connectivity index (χ3n) is 4.39. The normalized spacial score (nSPS) is 15.7. The van der Waals surface area contributed by atoms with Gasteiger partial charge in [0, 0.05) is 23.5 Å². The molecule has 1 atom stereocenters. The van der Waals surface area contributed by atoms with E-state index in [0.29, 0.717) is 18.8 Å². The van der Waals surface area contributed by atoms with Crippen LogP contribution in [0.5, 0.6) is 5.75 Å². The molecule has 0 bridgehead atoms. The van der Waals surface area contributed by atoms with E-state index in [-0.39, 0.29) is 11.9 Å². The summed E-state index contributed by atoms with van der Waals surface area (Å²) in [6.07, 6.45) is 0.860. The number of methoxy groups -OCH3 is 1. The van der Waals surface area contributed by atoms with Crippen LogP contribution in [0.25, 0.3) is 0 Å². The van der Waals surface area contributed by atoms with Gasteiger partial charge in [-0.15, -0.1) is 11.3 Å². The van der Waals surface area contributed by atoms with Crippen molar-refractivity contribution in [3.8, 4) is 5.75 Å². The Hall–Kier alpha value is -2.05. The number of hydrogen-bond acceptors (Lipinski definition) is 5. The largest absolute Gasteiger partial charge is 0.495 e. The number of carbonyl (C=O) groups excluding carboxylic acids is 1. The summed E-state index contributed by atoms with van der Waals surface area (Å²) in [5, 5.41) is 5.18. The monoisotopic (exact) mass is 360 g/mol. The molecular formula is C19H24N2O3S. The predicted octanol–water partition coefficient (Wildman–Crippen LogP) is 3.47. The first kappa shape index (κ1) is 17.8. The molecular weight excluding hydrogens is 336 g/mol. The first-order valence-corrected chi connectivity index (χ1v) is 9.46. The molecule has 1 N–H and O–H groups in total. The molecule has 1 amide bonds. The van der Waals surface area contributed by atoms with Crippen LogP contribution >= 0.6 is 11.3 Å². The Kier molecular flexibility index (Phi) is 5.94. The van der Waals surface area contributed by atoms with Gasteiger partial charge in [0.1, 0.15) is 5.75 Å². The average Bonchev–Trinajstić information content (AvgIpc) is 3.20. The highest BCUT2D eigenvalue weighted by Crippen LogP contribution is 2.30. The maximum Gasteiger partial charge on any atom is 0.251 e. The van der Waals surface area contributed by atoms with Crippen molar-refractivity contribution in [3.05, 3.63) is 46.2 Å². The molecule has 25 heavy (non-hydrogen) atoms. The van der Waals surface area contributed by atoms with Gasteiger partial charge in [-0.1, -0.05) is 13.0 Å². The molecule has 1 aliphatic heterocycles. The van der Waals surface area contributed by atoms with Crippen LogP contribution in [-0.2, 0) is 4.74 Å². The number of carbonyl (C=O) groups is 1. The second-order valence-corrected chi connectivity index (χ2v) is 6.92. The lowest BCUT2D eigenvalue weighted by atomic mass is 10.1. The number of benzene rings is 1. The fraction of sp³-hybridized carbons (Fsp3) is 0.421. The van der Waals surface area contributed by atoms with Gasteiger partial charge >= 0.3 is 0 Å². The van der Waals surface area contributed by atoms with E-state index in [4.69, 9.17) is 9.47 Å². The summed E-state index contributed by atoms with van der Waals surface area (Å²) >= 11 is 1.67. The van der Waals surface area contributed by atoms with E-state index in [9.17, 15) is 4.79 Å². The number of nitrogens with zero attached hydrogens (tertiary/aromatic N) is 1. The maximum absolute atomic E-state index is 12.8. The van der Waals surface area contributed by atoms with E-state index in [1.165, 1.54) is 4.88 Å². The third kappa shape index (κ3) is 4.14. The van der Waals surface area contributed by atoms with Crippen LogP contribution in [-0.4, -0.2) is 39.3 Å². The molecule has 0 unspecified atom stereocenters. The number of ether oxygens (including phenoxy) is 2. The molecule has 5 nitrogen and oxygen atoms in total. The van der Waals surface area contributed by atoms with Gasteiger partial charge < -0.3 is 19.7 Å². The van der Waals surface area contributed by atoms with Crippen LogP contribution in [0, 0.1) is 0 Å². The van der Waals surface area contributed by atoms with Crippen molar-refractivity contribution in [2.45, 2.75) is 19.4 Å². The first-order valence-electron chi connectivity index (χ1n) is 8.58.